The number of nitrogens with one attached hydrogen (secondary N) is 1. The fraction of sp³-hybridized carbons (Fsp3) is 0.0400. The van der Waals surface area contributed by atoms with Crippen LogP contribution in [0.2, 0.25) is 0 Å². The fourth-order valence-electron chi connectivity index (χ4n) is 3.42. The summed E-state index contributed by atoms with van der Waals surface area (Å²) in [6.07, 6.45) is 5.23. The van der Waals surface area contributed by atoms with Crippen LogP contribution in [0.25, 0.3) is 33.5 Å². The Labute approximate surface area is 178 Å². The van der Waals surface area contributed by atoms with E-state index in [4.69, 9.17) is 4.52 Å². The highest BCUT2D eigenvalue weighted by molar-refractivity contribution is 6.00. The molecular formula is C25H18N4O2. The number of amides is 1. The van der Waals surface area contributed by atoms with Crippen LogP contribution >= 0.6 is 0 Å². The first-order valence-corrected chi connectivity index (χ1v) is 9.86. The summed E-state index contributed by atoms with van der Waals surface area (Å²) in [6, 6.07) is 22.8. The second kappa shape index (κ2) is 8.20. The van der Waals surface area contributed by atoms with Gasteiger partial charge in [0.15, 0.2) is 5.76 Å². The summed E-state index contributed by atoms with van der Waals surface area (Å²) in [7, 11) is 0. The number of nitrogens with zero attached hydrogens (tertiary/aromatic N) is 3. The van der Waals surface area contributed by atoms with Gasteiger partial charge in [0, 0.05) is 41.8 Å². The zero-order valence-electron chi connectivity index (χ0n) is 16.5. The molecule has 0 aliphatic carbocycles. The van der Waals surface area contributed by atoms with E-state index in [0.29, 0.717) is 23.4 Å². The molecule has 1 N–H and O–H groups in total. The van der Waals surface area contributed by atoms with Crippen molar-refractivity contribution in [2.75, 3.05) is 0 Å². The lowest BCUT2D eigenvalue weighted by atomic mass is 10.1. The van der Waals surface area contributed by atoms with Crippen molar-refractivity contribution in [3.8, 4) is 22.6 Å². The monoisotopic (exact) mass is 406 g/mol. The highest BCUT2D eigenvalue weighted by Crippen LogP contribution is 2.29. The molecule has 0 saturated heterocycles. The lowest BCUT2D eigenvalue weighted by Gasteiger charge is -2.07. The number of hydrogen-bond acceptors (Lipinski definition) is 5. The number of benzene rings is 2. The molecule has 1 amide bonds. The van der Waals surface area contributed by atoms with Gasteiger partial charge in [-0.05, 0) is 48.0 Å². The number of aromatic nitrogens is 3. The normalized spacial score (nSPS) is 10.8. The summed E-state index contributed by atoms with van der Waals surface area (Å²) in [6.45, 7) is 0.391. The Morgan fingerprint density at radius 3 is 2.61 bits per heavy atom. The molecule has 0 unspecified atom stereocenters. The molecule has 0 aliphatic rings. The predicted octanol–water partition coefficient (Wildman–Crippen LogP) is 4.88. The molecule has 5 aromatic rings. The van der Waals surface area contributed by atoms with Gasteiger partial charge in [0.25, 0.3) is 5.91 Å². The van der Waals surface area contributed by atoms with E-state index in [1.165, 1.54) is 0 Å². The van der Waals surface area contributed by atoms with Gasteiger partial charge in [-0.15, -0.1) is 0 Å². The van der Waals surface area contributed by atoms with Gasteiger partial charge < -0.3 is 9.84 Å². The van der Waals surface area contributed by atoms with Crippen LogP contribution in [0.15, 0.2) is 95.9 Å². The van der Waals surface area contributed by atoms with E-state index < -0.39 is 0 Å². The zero-order chi connectivity index (χ0) is 21.0. The maximum Gasteiger partial charge on any atom is 0.251 e. The van der Waals surface area contributed by atoms with E-state index in [2.05, 4.69) is 20.4 Å². The van der Waals surface area contributed by atoms with Crippen LogP contribution in [-0.4, -0.2) is 21.0 Å². The Balaban J connectivity index is 1.35. The quantitative estimate of drug-likeness (QED) is 0.450. The van der Waals surface area contributed by atoms with Gasteiger partial charge in [0.2, 0.25) is 0 Å². The predicted molar refractivity (Wildman–Crippen MR) is 118 cm³/mol. The first-order chi connectivity index (χ1) is 15.3. The molecule has 0 saturated carbocycles. The van der Waals surface area contributed by atoms with E-state index in [-0.39, 0.29) is 5.91 Å². The number of carbonyl (C=O) groups excluding carboxylic acids is 1. The summed E-state index contributed by atoms with van der Waals surface area (Å²) in [4.78, 5) is 21.3. The molecule has 6 heteroatoms. The molecule has 5 rings (SSSR count). The van der Waals surface area contributed by atoms with Crippen molar-refractivity contribution in [1.82, 2.24) is 20.4 Å². The van der Waals surface area contributed by atoms with Crippen molar-refractivity contribution in [3.05, 3.63) is 103 Å². The van der Waals surface area contributed by atoms with Crippen molar-refractivity contribution in [1.29, 1.82) is 0 Å². The Bertz CT molecular complexity index is 1350. The second-order valence-electron chi connectivity index (χ2n) is 7.08. The minimum absolute atomic E-state index is 0.165. The van der Waals surface area contributed by atoms with Crippen molar-refractivity contribution in [2.24, 2.45) is 0 Å². The highest BCUT2D eigenvalue weighted by atomic mass is 16.5. The van der Waals surface area contributed by atoms with Crippen LogP contribution in [0.4, 0.5) is 0 Å². The smallest absolute Gasteiger partial charge is 0.251 e. The molecule has 0 radical (unpaired) electrons. The summed E-state index contributed by atoms with van der Waals surface area (Å²) in [5.41, 5.74) is 4.89. The van der Waals surface area contributed by atoms with Gasteiger partial charge in [-0.1, -0.05) is 35.5 Å². The maximum absolute atomic E-state index is 12.8. The van der Waals surface area contributed by atoms with E-state index in [0.717, 1.165) is 27.8 Å². The summed E-state index contributed by atoms with van der Waals surface area (Å²) in [5.74, 6) is 0.488. The molecule has 0 aliphatic heterocycles. The third-order valence-corrected chi connectivity index (χ3v) is 5.01. The summed E-state index contributed by atoms with van der Waals surface area (Å²) in [5, 5.41) is 7.89. The average Bonchev–Trinajstić information content (AvgIpc) is 3.27. The highest BCUT2D eigenvalue weighted by Gasteiger charge is 2.14. The SMILES string of the molecule is O=C(NCc1ccnc(-c2cccnc2)c1)c1ccc2noc(-c3ccccc3)c2c1. The lowest BCUT2D eigenvalue weighted by Crippen LogP contribution is -2.22. The number of fused-ring (bicyclic) bond motifs is 1. The third kappa shape index (κ3) is 3.91. The summed E-state index contributed by atoms with van der Waals surface area (Å²) < 4.78 is 5.53. The molecule has 0 bridgehead atoms. The molecule has 3 aromatic heterocycles. The minimum Gasteiger partial charge on any atom is -0.355 e. The maximum atomic E-state index is 12.8. The number of pyridine rings is 2. The average molecular weight is 406 g/mol. The van der Waals surface area contributed by atoms with Crippen molar-refractivity contribution < 1.29 is 9.32 Å². The first-order valence-electron chi connectivity index (χ1n) is 9.86. The van der Waals surface area contributed by atoms with Gasteiger partial charge in [0.05, 0.1) is 11.1 Å². The van der Waals surface area contributed by atoms with Crippen LogP contribution in [0.3, 0.4) is 0 Å². The third-order valence-electron chi connectivity index (χ3n) is 5.01. The molecule has 2 aromatic carbocycles. The molecule has 0 fully saturated rings. The van der Waals surface area contributed by atoms with Gasteiger partial charge in [0.1, 0.15) is 5.52 Å². The Kier molecular flexibility index (Phi) is 4.94. The van der Waals surface area contributed by atoms with E-state index >= 15 is 0 Å². The molecule has 31 heavy (non-hydrogen) atoms. The van der Waals surface area contributed by atoms with Crippen LogP contribution in [0.1, 0.15) is 15.9 Å². The van der Waals surface area contributed by atoms with Crippen molar-refractivity contribution >= 4 is 16.8 Å². The molecule has 6 nitrogen and oxygen atoms in total. The van der Waals surface area contributed by atoms with Crippen LogP contribution in [0.5, 0.6) is 0 Å². The Morgan fingerprint density at radius 2 is 1.77 bits per heavy atom. The lowest BCUT2D eigenvalue weighted by molar-refractivity contribution is 0.0951. The van der Waals surface area contributed by atoms with Crippen LogP contribution in [-0.2, 0) is 6.54 Å². The van der Waals surface area contributed by atoms with Crippen molar-refractivity contribution in [3.63, 3.8) is 0 Å². The molecule has 150 valence electrons. The second-order valence-corrected chi connectivity index (χ2v) is 7.08. The van der Waals surface area contributed by atoms with E-state index in [1.807, 2.05) is 60.7 Å². The minimum atomic E-state index is -0.165. The number of carbonyl (C=O) groups is 1. The standard InChI is InChI=1S/C25H18N4O2/c30-25(28-15-17-10-12-27-23(13-17)20-7-4-11-26-16-20)19-8-9-22-21(14-19)24(31-29-22)18-5-2-1-3-6-18/h1-14,16H,15H2,(H,28,30). The van der Waals surface area contributed by atoms with Gasteiger partial charge in [-0.3, -0.25) is 14.8 Å². The van der Waals surface area contributed by atoms with E-state index in [1.54, 1.807) is 30.7 Å². The number of hydrogen-bond donors (Lipinski definition) is 1. The fourth-order valence-corrected chi connectivity index (χ4v) is 3.42. The molecule has 3 heterocycles. The van der Waals surface area contributed by atoms with Crippen LogP contribution < -0.4 is 5.32 Å². The van der Waals surface area contributed by atoms with Crippen LogP contribution in [0, 0.1) is 0 Å². The van der Waals surface area contributed by atoms with Crippen molar-refractivity contribution in [2.45, 2.75) is 6.54 Å². The molecular weight excluding hydrogens is 388 g/mol. The topological polar surface area (TPSA) is 80.9 Å². The van der Waals surface area contributed by atoms with Gasteiger partial charge >= 0.3 is 0 Å². The Morgan fingerprint density at radius 1 is 0.903 bits per heavy atom. The zero-order valence-corrected chi connectivity index (χ0v) is 16.5. The largest absolute Gasteiger partial charge is 0.355 e. The van der Waals surface area contributed by atoms with Gasteiger partial charge in [-0.25, -0.2) is 0 Å². The number of rotatable bonds is 5. The first kappa shape index (κ1) is 18.7. The Hall–Kier alpha value is -4.32. The molecule has 0 spiro atoms. The van der Waals surface area contributed by atoms with E-state index in [9.17, 15) is 4.79 Å². The van der Waals surface area contributed by atoms with Gasteiger partial charge in [-0.2, -0.15) is 0 Å². The molecule has 0 atom stereocenters. The summed E-state index contributed by atoms with van der Waals surface area (Å²) >= 11 is 0.